The summed E-state index contributed by atoms with van der Waals surface area (Å²) in [5.74, 6) is -0.187. The average molecular weight is 516 g/mol. The molecule has 0 bridgehead atoms. The first-order chi connectivity index (χ1) is 18.0. The summed E-state index contributed by atoms with van der Waals surface area (Å²) in [6, 6.07) is 20.6. The number of aliphatic imine (C=N–C) groups is 1. The second-order valence-corrected chi connectivity index (χ2v) is 9.30. The van der Waals surface area contributed by atoms with E-state index in [1.165, 1.54) is 4.90 Å². The van der Waals surface area contributed by atoms with Crippen LogP contribution in [0.1, 0.15) is 27.9 Å². The first-order valence-corrected chi connectivity index (χ1v) is 12.5. The number of nitrogens with one attached hydrogen (secondary N) is 3. The number of amidine groups is 1. The van der Waals surface area contributed by atoms with Gasteiger partial charge >= 0.3 is 0 Å². The van der Waals surface area contributed by atoms with Crippen molar-refractivity contribution in [3.63, 3.8) is 0 Å². The van der Waals surface area contributed by atoms with Crippen LogP contribution in [0.3, 0.4) is 0 Å². The lowest BCUT2D eigenvalue weighted by Crippen LogP contribution is -2.53. The smallest absolute Gasteiger partial charge is 0.259 e. The zero-order valence-electron chi connectivity index (χ0n) is 20.0. The Bertz CT molecular complexity index is 1350. The highest BCUT2D eigenvalue weighted by molar-refractivity contribution is 6.30. The lowest BCUT2D eigenvalue weighted by atomic mass is 10.0. The number of hydrogen-bond acceptors (Lipinski definition) is 5. The average Bonchev–Trinajstić information content (AvgIpc) is 3.45. The Morgan fingerprint density at radius 2 is 1.78 bits per heavy atom. The fourth-order valence-electron chi connectivity index (χ4n) is 4.47. The summed E-state index contributed by atoms with van der Waals surface area (Å²) in [5.41, 5.74) is 3.56. The van der Waals surface area contributed by atoms with Gasteiger partial charge in [0.05, 0.1) is 24.3 Å². The van der Waals surface area contributed by atoms with Gasteiger partial charge < -0.3 is 16.0 Å². The predicted molar refractivity (Wildman–Crippen MR) is 144 cm³/mol. The molecule has 3 aromatic carbocycles. The van der Waals surface area contributed by atoms with Crippen LogP contribution < -0.4 is 20.9 Å². The van der Waals surface area contributed by atoms with Crippen LogP contribution in [-0.2, 0) is 16.0 Å². The number of carbonyl (C=O) groups excluding carboxylic acids is 3. The molecule has 188 valence electrons. The number of fused-ring (bicyclic) bond motifs is 1. The summed E-state index contributed by atoms with van der Waals surface area (Å²) in [5, 5.41) is 9.46. The molecule has 0 radical (unpaired) electrons. The van der Waals surface area contributed by atoms with Gasteiger partial charge in [-0.25, -0.2) is 0 Å². The summed E-state index contributed by atoms with van der Waals surface area (Å²) >= 11 is 5.98. The van der Waals surface area contributed by atoms with E-state index in [-0.39, 0.29) is 18.2 Å². The number of hydrogen-bond donors (Lipinski definition) is 3. The van der Waals surface area contributed by atoms with Crippen molar-refractivity contribution in [2.45, 2.75) is 18.9 Å². The number of anilines is 2. The van der Waals surface area contributed by atoms with E-state index in [1.54, 1.807) is 48.5 Å². The van der Waals surface area contributed by atoms with E-state index in [2.05, 4.69) is 20.9 Å². The highest BCUT2D eigenvalue weighted by Crippen LogP contribution is 2.34. The summed E-state index contributed by atoms with van der Waals surface area (Å²) in [6.07, 6.45) is 0.475. The maximum absolute atomic E-state index is 13.5. The third kappa shape index (κ3) is 5.49. The third-order valence-electron chi connectivity index (χ3n) is 6.36. The van der Waals surface area contributed by atoms with Crippen molar-refractivity contribution in [3.8, 4) is 0 Å². The third-order valence-corrected chi connectivity index (χ3v) is 6.61. The van der Waals surface area contributed by atoms with Crippen molar-refractivity contribution in [2.24, 2.45) is 4.99 Å². The molecule has 3 N–H and O–H groups in total. The minimum atomic E-state index is -0.989. The van der Waals surface area contributed by atoms with E-state index in [0.29, 0.717) is 34.9 Å². The van der Waals surface area contributed by atoms with E-state index in [9.17, 15) is 14.4 Å². The predicted octanol–water partition coefficient (Wildman–Crippen LogP) is 3.41. The molecule has 9 heteroatoms. The van der Waals surface area contributed by atoms with E-state index >= 15 is 0 Å². The zero-order valence-corrected chi connectivity index (χ0v) is 20.8. The van der Waals surface area contributed by atoms with Crippen LogP contribution in [0.25, 0.3) is 0 Å². The molecule has 3 aromatic rings. The van der Waals surface area contributed by atoms with Crippen molar-refractivity contribution in [2.75, 3.05) is 29.9 Å². The SMILES string of the molecule is O=C(C[C@@H]1C(=O)Nc2ccccc2N1C(=O)c1ccc(Cl)cc1)NCCc1ccc(C2=NCCN2)cc1. The zero-order chi connectivity index (χ0) is 25.8. The molecule has 0 saturated carbocycles. The van der Waals surface area contributed by atoms with Crippen LogP contribution in [-0.4, -0.2) is 49.2 Å². The molecule has 3 amide bonds. The maximum atomic E-state index is 13.5. The van der Waals surface area contributed by atoms with Crippen molar-refractivity contribution in [1.29, 1.82) is 0 Å². The first-order valence-electron chi connectivity index (χ1n) is 12.1. The number of halogens is 1. The molecular weight excluding hydrogens is 490 g/mol. The quantitative estimate of drug-likeness (QED) is 0.448. The van der Waals surface area contributed by atoms with Gasteiger partial charge in [0.25, 0.3) is 5.91 Å². The summed E-state index contributed by atoms with van der Waals surface area (Å²) in [4.78, 5) is 45.2. The second kappa shape index (κ2) is 10.8. The van der Waals surface area contributed by atoms with Gasteiger partial charge in [-0.1, -0.05) is 48.0 Å². The minimum Gasteiger partial charge on any atom is -0.368 e. The highest BCUT2D eigenvalue weighted by Gasteiger charge is 2.38. The molecule has 5 rings (SSSR count). The Balaban J connectivity index is 1.25. The maximum Gasteiger partial charge on any atom is 0.259 e. The Hall–Kier alpha value is -4.17. The Morgan fingerprint density at radius 3 is 2.51 bits per heavy atom. The molecular formula is C28H26ClN5O3. The van der Waals surface area contributed by atoms with E-state index in [1.807, 2.05) is 24.3 Å². The highest BCUT2D eigenvalue weighted by atomic mass is 35.5. The van der Waals surface area contributed by atoms with Crippen molar-refractivity contribution in [1.82, 2.24) is 10.6 Å². The standard InChI is InChI=1S/C28H26ClN5O3/c29-21-11-9-20(10-12-21)28(37)34-23-4-2-1-3-22(23)33-27(36)24(34)17-25(35)30-14-13-18-5-7-19(8-6-18)26-31-15-16-32-26/h1-12,24H,13-17H2,(H,30,35)(H,31,32)(H,33,36)/t24-/m1/s1. The van der Waals surface area contributed by atoms with Gasteiger partial charge in [-0.3, -0.25) is 24.3 Å². The number of carbonyl (C=O) groups is 3. The van der Waals surface area contributed by atoms with Gasteiger partial charge in [0.2, 0.25) is 11.8 Å². The number of benzene rings is 3. The molecule has 2 aliphatic rings. The molecule has 2 aliphatic heterocycles. The second-order valence-electron chi connectivity index (χ2n) is 8.86. The van der Waals surface area contributed by atoms with Crippen molar-refractivity contribution >= 4 is 46.5 Å². The molecule has 0 unspecified atom stereocenters. The van der Waals surface area contributed by atoms with Gasteiger partial charge in [0.1, 0.15) is 11.9 Å². The molecule has 2 heterocycles. The van der Waals surface area contributed by atoms with Crippen LogP contribution in [0.15, 0.2) is 77.8 Å². The van der Waals surface area contributed by atoms with Gasteiger partial charge in [0, 0.05) is 29.2 Å². The molecule has 8 nitrogen and oxygen atoms in total. The van der Waals surface area contributed by atoms with Crippen molar-refractivity contribution < 1.29 is 14.4 Å². The monoisotopic (exact) mass is 515 g/mol. The Kier molecular flexibility index (Phi) is 7.18. The fraction of sp³-hybridized carbons (Fsp3) is 0.214. The van der Waals surface area contributed by atoms with Crippen LogP contribution in [0.2, 0.25) is 5.02 Å². The lowest BCUT2D eigenvalue weighted by Gasteiger charge is -2.36. The minimum absolute atomic E-state index is 0.163. The normalized spacial score (nSPS) is 16.4. The summed E-state index contributed by atoms with van der Waals surface area (Å²) in [6.45, 7) is 2.06. The number of amides is 3. The van der Waals surface area contributed by atoms with E-state index in [0.717, 1.165) is 30.1 Å². The van der Waals surface area contributed by atoms with Gasteiger partial charge in [-0.05, 0) is 48.4 Å². The molecule has 0 spiro atoms. The number of rotatable bonds is 7. The summed E-state index contributed by atoms with van der Waals surface area (Å²) < 4.78 is 0. The van der Waals surface area contributed by atoms with Crippen LogP contribution in [0, 0.1) is 0 Å². The van der Waals surface area contributed by atoms with Gasteiger partial charge in [0.15, 0.2) is 0 Å². The van der Waals surface area contributed by atoms with Crippen molar-refractivity contribution in [3.05, 3.63) is 94.5 Å². The topological polar surface area (TPSA) is 103 Å². The number of nitrogens with zero attached hydrogens (tertiary/aromatic N) is 2. The van der Waals surface area contributed by atoms with Crippen LogP contribution in [0.4, 0.5) is 11.4 Å². The molecule has 37 heavy (non-hydrogen) atoms. The first kappa shape index (κ1) is 24.5. The molecule has 0 fully saturated rings. The number of para-hydroxylation sites is 2. The molecule has 1 atom stereocenters. The fourth-order valence-corrected chi connectivity index (χ4v) is 4.60. The molecule has 0 saturated heterocycles. The van der Waals surface area contributed by atoms with E-state index < -0.39 is 11.9 Å². The van der Waals surface area contributed by atoms with Crippen LogP contribution in [0.5, 0.6) is 0 Å². The van der Waals surface area contributed by atoms with E-state index in [4.69, 9.17) is 11.6 Å². The van der Waals surface area contributed by atoms with Gasteiger partial charge in [-0.2, -0.15) is 0 Å². The lowest BCUT2D eigenvalue weighted by molar-refractivity contribution is -0.125. The van der Waals surface area contributed by atoms with Crippen LogP contribution >= 0.6 is 11.6 Å². The Labute approximate surface area is 219 Å². The van der Waals surface area contributed by atoms with Gasteiger partial charge in [-0.15, -0.1) is 0 Å². The molecule has 0 aliphatic carbocycles. The largest absolute Gasteiger partial charge is 0.368 e. The summed E-state index contributed by atoms with van der Waals surface area (Å²) in [7, 11) is 0. The Morgan fingerprint density at radius 1 is 1.03 bits per heavy atom. The molecule has 0 aromatic heterocycles.